The highest BCUT2D eigenvalue weighted by atomic mass is 35.5. The lowest BCUT2D eigenvalue weighted by atomic mass is 9.85. The summed E-state index contributed by atoms with van der Waals surface area (Å²) in [5, 5.41) is 1.22. The molecule has 3 aliphatic rings. The Morgan fingerprint density at radius 1 is 0.852 bits per heavy atom. The van der Waals surface area contributed by atoms with Crippen LogP contribution in [0.2, 0.25) is 10.0 Å². The van der Waals surface area contributed by atoms with Crippen molar-refractivity contribution >= 4 is 40.8 Å². The van der Waals surface area contributed by atoms with E-state index in [-0.39, 0.29) is 30.6 Å². The Kier molecular flexibility index (Phi) is 20.4. The molecule has 2 saturated heterocycles. The predicted molar refractivity (Wildman–Crippen MR) is 225 cm³/mol. The predicted octanol–water partition coefficient (Wildman–Crippen LogP) is 10.8. The molecule has 0 bridgehead atoms. The smallest absolute Gasteiger partial charge is 0.307 e. The van der Waals surface area contributed by atoms with E-state index in [2.05, 4.69) is 83.6 Å². The number of piperazine rings is 1. The summed E-state index contributed by atoms with van der Waals surface area (Å²) in [6.45, 7) is 7.64. The van der Waals surface area contributed by atoms with Gasteiger partial charge in [0.25, 0.3) is 0 Å². The third kappa shape index (κ3) is 15.7. The number of hydrogen-bond donors (Lipinski definition) is 0. The minimum absolute atomic E-state index is 0.0156. The Morgan fingerprint density at radius 2 is 1.52 bits per heavy atom. The number of unbranched alkanes of at least 4 members (excludes halogenated alkanes) is 3. The number of hydrogen-bond acceptors (Lipinski definition) is 6. The molecule has 2 unspecified atom stereocenters. The number of benzene rings is 1. The second-order valence-corrected chi connectivity index (χ2v) is 14.9. The van der Waals surface area contributed by atoms with Crippen molar-refractivity contribution in [1.82, 2.24) is 9.80 Å². The quantitative estimate of drug-likeness (QED) is 0.0626. The third-order valence-electron chi connectivity index (χ3n) is 9.93. The summed E-state index contributed by atoms with van der Waals surface area (Å²) < 4.78 is 11.7. The van der Waals surface area contributed by atoms with Gasteiger partial charge in [0.2, 0.25) is 5.91 Å². The van der Waals surface area contributed by atoms with Crippen LogP contribution in [0, 0.1) is 5.92 Å². The number of fused-ring (bicyclic) bond motifs is 1. The van der Waals surface area contributed by atoms with E-state index < -0.39 is 0 Å². The number of rotatable bonds is 23. The maximum absolute atomic E-state index is 12.9. The van der Waals surface area contributed by atoms with E-state index in [1.54, 1.807) is 4.90 Å². The zero-order chi connectivity index (χ0) is 38.2. The number of esters is 1. The first-order valence-electron chi connectivity index (χ1n) is 20.1. The summed E-state index contributed by atoms with van der Waals surface area (Å²) in [4.78, 5) is 31.9. The second-order valence-electron chi connectivity index (χ2n) is 14.1. The van der Waals surface area contributed by atoms with Crippen molar-refractivity contribution in [3.8, 4) is 0 Å². The molecule has 2 fully saturated rings. The van der Waals surface area contributed by atoms with Crippen LogP contribution in [-0.2, 0) is 19.1 Å². The van der Waals surface area contributed by atoms with Gasteiger partial charge in [0, 0.05) is 44.9 Å². The number of piperidine rings is 1. The number of likely N-dealkylation sites (tertiary alicyclic amines) is 1. The van der Waals surface area contributed by atoms with Crippen molar-refractivity contribution in [2.45, 2.75) is 96.4 Å². The molecular weight excluding hydrogens is 717 g/mol. The van der Waals surface area contributed by atoms with Crippen LogP contribution in [-0.4, -0.2) is 73.8 Å². The lowest BCUT2D eigenvalue weighted by Crippen LogP contribution is -2.49. The molecule has 294 valence electrons. The molecular formula is C45H61Cl2N3O4. The highest BCUT2D eigenvalue weighted by Crippen LogP contribution is 2.33. The molecule has 9 heteroatoms. The van der Waals surface area contributed by atoms with Crippen LogP contribution < -0.4 is 4.90 Å². The first-order chi connectivity index (χ1) is 26.5. The molecule has 0 radical (unpaired) electrons. The zero-order valence-electron chi connectivity index (χ0n) is 32.3. The molecule has 2 aliphatic heterocycles. The van der Waals surface area contributed by atoms with Gasteiger partial charge in [0.1, 0.15) is 5.76 Å². The molecule has 1 amide bonds. The van der Waals surface area contributed by atoms with E-state index in [1.165, 1.54) is 6.42 Å². The topological polar surface area (TPSA) is 62.3 Å². The minimum Gasteiger partial charge on any atom is -0.494 e. The van der Waals surface area contributed by atoms with Crippen molar-refractivity contribution < 1.29 is 19.1 Å². The Balaban J connectivity index is 1.05. The van der Waals surface area contributed by atoms with Crippen LogP contribution in [0.25, 0.3) is 0 Å². The highest BCUT2D eigenvalue weighted by Gasteiger charge is 2.35. The van der Waals surface area contributed by atoms with Crippen molar-refractivity contribution in [3.05, 3.63) is 113 Å². The number of amides is 1. The second kappa shape index (κ2) is 25.5. The summed E-state index contributed by atoms with van der Waals surface area (Å²) in [6, 6.07) is 5.64. The average molecular weight is 779 g/mol. The summed E-state index contributed by atoms with van der Waals surface area (Å²) >= 11 is 12.6. The van der Waals surface area contributed by atoms with Crippen molar-refractivity contribution in [3.63, 3.8) is 0 Å². The number of ether oxygens (including phenoxy) is 2. The Morgan fingerprint density at radius 3 is 2.20 bits per heavy atom. The van der Waals surface area contributed by atoms with Gasteiger partial charge in [-0.2, -0.15) is 0 Å². The van der Waals surface area contributed by atoms with Gasteiger partial charge in [0.05, 0.1) is 28.4 Å². The van der Waals surface area contributed by atoms with Crippen LogP contribution in [0.4, 0.5) is 5.69 Å². The molecule has 0 N–H and O–H groups in total. The Labute approximate surface area is 334 Å². The SMILES string of the molecule is CCC/C=C\C/C=C\C/C=C\C/C=C\C/C=C\CCCC(=O)OCN1C(=O)CCC2C=CC(OCCCCN3CCN(c4cccc(Cl)c4Cl)CC3)=CC21. The van der Waals surface area contributed by atoms with E-state index >= 15 is 0 Å². The number of anilines is 1. The Hall–Kier alpha value is -3.52. The molecule has 1 aliphatic carbocycles. The fourth-order valence-corrected chi connectivity index (χ4v) is 7.18. The molecule has 4 rings (SSSR count). The van der Waals surface area contributed by atoms with E-state index in [1.807, 2.05) is 30.4 Å². The molecule has 0 aromatic heterocycles. The maximum Gasteiger partial charge on any atom is 0.307 e. The van der Waals surface area contributed by atoms with Gasteiger partial charge in [-0.15, -0.1) is 0 Å². The van der Waals surface area contributed by atoms with Gasteiger partial charge < -0.3 is 19.3 Å². The fraction of sp³-hybridized carbons (Fsp3) is 0.511. The average Bonchev–Trinajstić information content (AvgIpc) is 3.18. The van der Waals surface area contributed by atoms with Gasteiger partial charge in [0.15, 0.2) is 6.73 Å². The van der Waals surface area contributed by atoms with Gasteiger partial charge in [-0.1, -0.05) is 109 Å². The molecule has 1 aromatic carbocycles. The van der Waals surface area contributed by atoms with Crippen LogP contribution in [0.5, 0.6) is 0 Å². The molecule has 7 nitrogen and oxygen atoms in total. The highest BCUT2D eigenvalue weighted by molar-refractivity contribution is 6.43. The van der Waals surface area contributed by atoms with Crippen LogP contribution >= 0.6 is 23.2 Å². The summed E-state index contributed by atoms with van der Waals surface area (Å²) in [5.74, 6) is 0.729. The lowest BCUT2D eigenvalue weighted by Gasteiger charge is -2.39. The maximum atomic E-state index is 12.9. The molecule has 2 heterocycles. The van der Waals surface area contributed by atoms with E-state index in [4.69, 9.17) is 32.7 Å². The molecule has 54 heavy (non-hydrogen) atoms. The number of allylic oxidation sites excluding steroid dienone is 11. The molecule has 1 aromatic rings. The largest absolute Gasteiger partial charge is 0.494 e. The van der Waals surface area contributed by atoms with Gasteiger partial charge in [-0.3, -0.25) is 14.5 Å². The van der Waals surface area contributed by atoms with E-state index in [0.717, 1.165) is 108 Å². The normalized spacial score (nSPS) is 19.6. The first-order valence-corrected chi connectivity index (χ1v) is 20.9. The zero-order valence-corrected chi connectivity index (χ0v) is 33.8. The number of halogens is 2. The molecule has 0 spiro atoms. The number of carbonyl (C=O) groups excluding carboxylic acids is 2. The standard InChI is InChI=1S/C45H61Cl2N3O4/c1-2-3-4-5-6-7-8-9-10-11-12-13-14-15-16-17-18-19-25-44(52)54-37-50-42-36-39(28-26-38(42)27-29-43(50)51)53-35-21-20-30-48-31-33-49(34-32-48)41-24-22-23-40(46)45(41)47/h4-5,7-8,10-11,13-14,16-17,22-24,26,28,36,38,42H,2-3,6,9,12,15,18-21,25,27,29-35,37H2,1H3/b5-4-,8-7-,11-10-,14-13-,17-16-. The van der Waals surface area contributed by atoms with Crippen molar-refractivity contribution in [1.29, 1.82) is 0 Å². The van der Waals surface area contributed by atoms with Gasteiger partial charge in [-0.25, -0.2) is 0 Å². The number of carbonyl (C=O) groups is 2. The first kappa shape index (κ1) is 43.2. The lowest BCUT2D eigenvalue weighted by molar-refractivity contribution is -0.157. The van der Waals surface area contributed by atoms with Crippen molar-refractivity contribution in [2.24, 2.45) is 5.92 Å². The molecule has 0 saturated carbocycles. The van der Waals surface area contributed by atoms with Gasteiger partial charge in [-0.05, 0) is 95.0 Å². The van der Waals surface area contributed by atoms with Crippen LogP contribution in [0.15, 0.2) is 103 Å². The van der Waals surface area contributed by atoms with Gasteiger partial charge >= 0.3 is 5.97 Å². The van der Waals surface area contributed by atoms with Crippen molar-refractivity contribution in [2.75, 3.05) is 51.0 Å². The summed E-state index contributed by atoms with van der Waals surface area (Å²) in [6.07, 6.45) is 39.4. The van der Waals surface area contributed by atoms with E-state index in [9.17, 15) is 9.59 Å². The van der Waals surface area contributed by atoms with E-state index in [0.29, 0.717) is 29.5 Å². The summed E-state index contributed by atoms with van der Waals surface area (Å²) in [5.41, 5.74) is 1.01. The Bertz CT molecular complexity index is 1510. The molecule has 2 atom stereocenters. The fourth-order valence-electron chi connectivity index (χ4n) is 6.76. The third-order valence-corrected chi connectivity index (χ3v) is 10.7. The minimum atomic E-state index is -0.269. The summed E-state index contributed by atoms with van der Waals surface area (Å²) in [7, 11) is 0. The van der Waals surface area contributed by atoms with Crippen LogP contribution in [0.1, 0.15) is 90.4 Å². The monoisotopic (exact) mass is 777 g/mol. The van der Waals surface area contributed by atoms with Crippen LogP contribution in [0.3, 0.4) is 0 Å². The number of nitrogens with zero attached hydrogens (tertiary/aromatic N) is 3.